The van der Waals surface area contributed by atoms with E-state index in [0.717, 1.165) is 33.8 Å². The first-order valence-electron chi connectivity index (χ1n) is 9.80. The SMILES string of the molecule is C=C/C=C(\C=C/C)c1cccc(-c2ccccc2)c1OOC(C)SCCCC. The van der Waals surface area contributed by atoms with Crippen molar-refractivity contribution in [3.63, 3.8) is 0 Å². The number of unbranched alkanes of at least 4 members (excludes halogenated alkanes) is 1. The van der Waals surface area contributed by atoms with Gasteiger partial charge in [0.25, 0.3) is 0 Å². The van der Waals surface area contributed by atoms with Gasteiger partial charge in [-0.05, 0) is 37.2 Å². The minimum Gasteiger partial charge on any atom is -0.335 e. The molecule has 0 aliphatic carbocycles. The molecule has 0 bridgehead atoms. The van der Waals surface area contributed by atoms with Gasteiger partial charge in [0.2, 0.25) is 0 Å². The van der Waals surface area contributed by atoms with Crippen molar-refractivity contribution in [2.24, 2.45) is 0 Å². The van der Waals surface area contributed by atoms with Gasteiger partial charge in [-0.15, -0.1) is 11.8 Å². The first-order chi connectivity index (χ1) is 13.7. The minimum atomic E-state index is -0.0446. The molecule has 0 fully saturated rings. The first kappa shape index (κ1) is 22.1. The summed E-state index contributed by atoms with van der Waals surface area (Å²) in [6.45, 7) is 10.1. The van der Waals surface area contributed by atoms with Crippen LogP contribution in [-0.2, 0) is 4.89 Å². The Balaban J connectivity index is 2.40. The van der Waals surface area contributed by atoms with Gasteiger partial charge in [-0.25, -0.2) is 0 Å². The Morgan fingerprint density at radius 1 is 1.14 bits per heavy atom. The van der Waals surface area contributed by atoms with Crippen LogP contribution in [-0.4, -0.2) is 11.2 Å². The van der Waals surface area contributed by atoms with Crippen LogP contribution in [0.1, 0.15) is 39.2 Å². The molecule has 1 unspecified atom stereocenters. The van der Waals surface area contributed by atoms with Crippen LogP contribution in [0.25, 0.3) is 16.7 Å². The van der Waals surface area contributed by atoms with Crippen LogP contribution in [0.4, 0.5) is 0 Å². The summed E-state index contributed by atoms with van der Waals surface area (Å²) in [5.41, 5.74) is 4.05. The highest BCUT2D eigenvalue weighted by molar-refractivity contribution is 7.99. The Labute approximate surface area is 173 Å². The summed E-state index contributed by atoms with van der Waals surface area (Å²) < 4.78 is 0. The normalized spacial score (nSPS) is 12.9. The Morgan fingerprint density at radius 2 is 1.93 bits per heavy atom. The first-order valence-corrected chi connectivity index (χ1v) is 10.8. The predicted octanol–water partition coefficient (Wildman–Crippen LogP) is 7.69. The van der Waals surface area contributed by atoms with Crippen molar-refractivity contribution in [3.8, 4) is 16.9 Å². The van der Waals surface area contributed by atoms with E-state index in [9.17, 15) is 0 Å². The Hall–Kier alpha value is -2.23. The quantitative estimate of drug-likeness (QED) is 0.128. The maximum absolute atomic E-state index is 5.96. The largest absolute Gasteiger partial charge is 0.335 e. The van der Waals surface area contributed by atoms with E-state index in [2.05, 4.69) is 43.8 Å². The molecule has 28 heavy (non-hydrogen) atoms. The summed E-state index contributed by atoms with van der Waals surface area (Å²) >= 11 is 1.76. The Bertz CT molecular complexity index is 793. The average molecular weight is 395 g/mol. The van der Waals surface area contributed by atoms with Gasteiger partial charge in [0.05, 0.1) is 0 Å². The van der Waals surface area contributed by atoms with E-state index in [1.807, 2.05) is 50.3 Å². The lowest BCUT2D eigenvalue weighted by atomic mass is 9.97. The van der Waals surface area contributed by atoms with Gasteiger partial charge in [0, 0.05) is 11.1 Å². The number of hydrogen-bond acceptors (Lipinski definition) is 3. The maximum atomic E-state index is 5.96. The molecule has 1 atom stereocenters. The second-order valence-corrected chi connectivity index (χ2v) is 7.78. The fraction of sp³-hybridized carbons (Fsp3) is 0.280. The van der Waals surface area contributed by atoms with Crippen molar-refractivity contribution >= 4 is 17.3 Å². The minimum absolute atomic E-state index is 0.0446. The van der Waals surface area contributed by atoms with E-state index >= 15 is 0 Å². The molecule has 0 radical (unpaired) electrons. The van der Waals surface area contributed by atoms with Crippen molar-refractivity contribution in [3.05, 3.63) is 85.0 Å². The number of hydrogen-bond donors (Lipinski definition) is 0. The highest BCUT2D eigenvalue weighted by Gasteiger charge is 2.16. The standard InChI is InChI=1S/C25H30O2S/c1-5-8-19-28-20(4)26-27-25-23(21(13-6-2)14-7-3)17-12-18-24(25)22-15-10-9-11-16-22/h6-7,9-18,20H,2,5,8,19H2,1,3-4H3/b14-7-,21-13+. The van der Waals surface area contributed by atoms with Crippen LogP contribution in [0, 0.1) is 0 Å². The second-order valence-electron chi connectivity index (χ2n) is 6.38. The van der Waals surface area contributed by atoms with Crippen LogP contribution < -0.4 is 4.89 Å². The second kappa shape index (κ2) is 12.3. The van der Waals surface area contributed by atoms with E-state index in [-0.39, 0.29) is 5.44 Å². The van der Waals surface area contributed by atoms with Gasteiger partial charge in [0.15, 0.2) is 5.75 Å². The summed E-state index contributed by atoms with van der Waals surface area (Å²) in [4.78, 5) is 11.7. The van der Waals surface area contributed by atoms with Crippen molar-refractivity contribution in [1.82, 2.24) is 0 Å². The van der Waals surface area contributed by atoms with E-state index in [0.29, 0.717) is 0 Å². The number of para-hydroxylation sites is 1. The monoisotopic (exact) mass is 394 g/mol. The fourth-order valence-corrected chi connectivity index (χ4v) is 3.66. The lowest BCUT2D eigenvalue weighted by Gasteiger charge is -2.18. The molecule has 0 heterocycles. The molecule has 3 heteroatoms. The van der Waals surface area contributed by atoms with Crippen molar-refractivity contribution in [1.29, 1.82) is 0 Å². The summed E-state index contributed by atoms with van der Waals surface area (Å²) in [6.07, 6.45) is 10.2. The summed E-state index contributed by atoms with van der Waals surface area (Å²) in [5, 5.41) is 0. The molecule has 0 spiro atoms. The van der Waals surface area contributed by atoms with Crippen molar-refractivity contribution in [2.75, 3.05) is 5.75 Å². The summed E-state index contributed by atoms with van der Waals surface area (Å²) in [6, 6.07) is 16.4. The van der Waals surface area contributed by atoms with Gasteiger partial charge < -0.3 is 4.89 Å². The topological polar surface area (TPSA) is 18.5 Å². The Kier molecular flexibility index (Phi) is 9.67. The molecular weight excluding hydrogens is 364 g/mol. The Morgan fingerprint density at radius 3 is 2.61 bits per heavy atom. The summed E-state index contributed by atoms with van der Waals surface area (Å²) in [7, 11) is 0. The molecule has 0 N–H and O–H groups in total. The fourth-order valence-electron chi connectivity index (χ4n) is 2.78. The third-order valence-electron chi connectivity index (χ3n) is 4.17. The highest BCUT2D eigenvalue weighted by Crippen LogP contribution is 2.38. The third-order valence-corrected chi connectivity index (χ3v) is 5.24. The van der Waals surface area contributed by atoms with E-state index in [4.69, 9.17) is 9.78 Å². The van der Waals surface area contributed by atoms with Gasteiger partial charge in [0.1, 0.15) is 5.44 Å². The molecule has 2 rings (SSSR count). The van der Waals surface area contributed by atoms with Crippen LogP contribution >= 0.6 is 11.8 Å². The molecule has 2 nitrogen and oxygen atoms in total. The molecule has 0 saturated heterocycles. The maximum Gasteiger partial charge on any atom is 0.181 e. The predicted molar refractivity (Wildman–Crippen MR) is 123 cm³/mol. The number of allylic oxidation sites excluding steroid dienone is 5. The van der Waals surface area contributed by atoms with E-state index in [1.165, 1.54) is 12.8 Å². The molecule has 2 aromatic carbocycles. The van der Waals surface area contributed by atoms with E-state index < -0.39 is 0 Å². The van der Waals surface area contributed by atoms with Crippen molar-refractivity contribution in [2.45, 2.75) is 39.0 Å². The zero-order chi connectivity index (χ0) is 20.2. The van der Waals surface area contributed by atoms with Crippen LogP contribution in [0.15, 0.2) is 79.4 Å². The molecule has 0 aromatic heterocycles. The number of benzene rings is 2. The van der Waals surface area contributed by atoms with Crippen LogP contribution in [0.5, 0.6) is 5.75 Å². The van der Waals surface area contributed by atoms with Gasteiger partial charge in [-0.3, -0.25) is 0 Å². The lowest BCUT2D eigenvalue weighted by molar-refractivity contribution is -0.213. The molecule has 148 valence electrons. The van der Waals surface area contributed by atoms with Gasteiger partial charge >= 0.3 is 0 Å². The zero-order valence-corrected chi connectivity index (χ0v) is 17.9. The molecule has 2 aromatic rings. The van der Waals surface area contributed by atoms with Gasteiger partial charge in [-0.2, -0.15) is 4.89 Å². The number of rotatable bonds is 11. The molecule has 0 aliphatic heterocycles. The van der Waals surface area contributed by atoms with Crippen molar-refractivity contribution < 1.29 is 9.78 Å². The molecular formula is C25H30O2S. The average Bonchev–Trinajstić information content (AvgIpc) is 2.72. The summed E-state index contributed by atoms with van der Waals surface area (Å²) in [5.74, 6) is 1.79. The molecule has 0 saturated carbocycles. The highest BCUT2D eigenvalue weighted by atomic mass is 32.2. The smallest absolute Gasteiger partial charge is 0.181 e. The lowest BCUT2D eigenvalue weighted by Crippen LogP contribution is -2.09. The third kappa shape index (κ3) is 6.43. The van der Waals surface area contributed by atoms with Crippen LogP contribution in [0.2, 0.25) is 0 Å². The number of thioether (sulfide) groups is 1. The van der Waals surface area contributed by atoms with Crippen LogP contribution in [0.3, 0.4) is 0 Å². The molecule has 0 aliphatic rings. The van der Waals surface area contributed by atoms with Gasteiger partial charge in [-0.1, -0.05) is 92.8 Å². The van der Waals surface area contributed by atoms with E-state index in [1.54, 1.807) is 17.8 Å². The zero-order valence-electron chi connectivity index (χ0n) is 17.1. The molecule has 0 amide bonds.